The maximum absolute atomic E-state index is 4.76. The fraction of sp³-hybridized carbons (Fsp3) is 0.667. The fourth-order valence-electron chi connectivity index (χ4n) is 0.482. The van der Waals surface area contributed by atoms with Gasteiger partial charge in [-0.05, 0) is 13.8 Å². The first-order valence-corrected chi connectivity index (χ1v) is 5.01. The van der Waals surface area contributed by atoms with Gasteiger partial charge in [-0.15, -0.1) is 0 Å². The van der Waals surface area contributed by atoms with E-state index in [-0.39, 0.29) is 23.8 Å². The van der Waals surface area contributed by atoms with Gasteiger partial charge in [0, 0.05) is 13.1 Å². The minimum atomic E-state index is 0. The SMILES string of the molecule is CCN(CC)C(=S)[S-].NC(=S)[S-].[Zn+2]. The maximum Gasteiger partial charge on any atom is 2.00 e. The molecule has 0 unspecified atom stereocenters. The van der Waals surface area contributed by atoms with Crippen LogP contribution in [0.1, 0.15) is 13.8 Å². The third-order valence-electron chi connectivity index (χ3n) is 1.02. The molecule has 0 aliphatic rings. The first-order chi connectivity index (χ1) is 5.45. The molecule has 0 aliphatic carbocycles. The molecule has 0 rings (SSSR count). The van der Waals surface area contributed by atoms with Crippen LogP contribution in [0.5, 0.6) is 0 Å². The Morgan fingerprint density at radius 3 is 1.46 bits per heavy atom. The third-order valence-corrected chi connectivity index (χ3v) is 1.54. The summed E-state index contributed by atoms with van der Waals surface area (Å²) in [6, 6.07) is 0. The normalized spacial score (nSPS) is 7.23. The zero-order chi connectivity index (χ0) is 10.1. The molecular formula is C6H12N2S4Zn. The summed E-state index contributed by atoms with van der Waals surface area (Å²) < 4.78 is 0.662. The van der Waals surface area contributed by atoms with Gasteiger partial charge in [0.15, 0.2) is 0 Å². The Morgan fingerprint density at radius 2 is 1.46 bits per heavy atom. The molecule has 7 heteroatoms. The number of nitrogens with two attached hydrogens (primary N) is 1. The Morgan fingerprint density at radius 1 is 1.23 bits per heavy atom. The molecule has 72 valence electrons. The Kier molecular flexibility index (Phi) is 19.2. The number of rotatable bonds is 2. The van der Waals surface area contributed by atoms with Crippen LogP contribution in [0.25, 0.3) is 0 Å². The van der Waals surface area contributed by atoms with Crippen molar-refractivity contribution in [3.63, 3.8) is 0 Å². The van der Waals surface area contributed by atoms with Crippen LogP contribution < -0.4 is 5.73 Å². The first-order valence-electron chi connectivity index (χ1n) is 3.38. The summed E-state index contributed by atoms with van der Waals surface area (Å²) in [5.74, 6) is 0. The molecule has 0 radical (unpaired) electrons. The van der Waals surface area contributed by atoms with E-state index in [2.05, 4.69) is 30.6 Å². The Bertz CT molecular complexity index is 146. The van der Waals surface area contributed by atoms with Crippen LogP contribution in [0.3, 0.4) is 0 Å². The Labute approximate surface area is 115 Å². The Balaban J connectivity index is -0.000000173. The molecule has 0 bridgehead atoms. The summed E-state index contributed by atoms with van der Waals surface area (Å²) in [7, 11) is 0. The van der Waals surface area contributed by atoms with Crippen LogP contribution in [0.4, 0.5) is 0 Å². The van der Waals surface area contributed by atoms with Gasteiger partial charge < -0.3 is 60.3 Å². The van der Waals surface area contributed by atoms with Gasteiger partial charge in [-0.2, -0.15) is 0 Å². The molecule has 0 atom stereocenters. The molecule has 0 amide bonds. The summed E-state index contributed by atoms with van der Waals surface area (Å²) in [6.45, 7) is 5.95. The summed E-state index contributed by atoms with van der Waals surface area (Å²) in [6.07, 6.45) is 0. The predicted molar refractivity (Wildman–Crippen MR) is 67.0 cm³/mol. The second-order valence-corrected chi connectivity index (χ2v) is 3.93. The average Bonchev–Trinajstić information content (AvgIpc) is 1.87. The molecule has 0 fully saturated rings. The minimum Gasteiger partial charge on any atom is -0.415 e. The van der Waals surface area contributed by atoms with Crippen LogP contribution in [-0.4, -0.2) is 26.6 Å². The molecule has 0 heterocycles. The molecular weight excluding hydrogens is 294 g/mol. The summed E-state index contributed by atoms with van der Waals surface area (Å²) in [4.78, 5) is 1.96. The molecule has 0 spiro atoms. The van der Waals surface area contributed by atoms with Gasteiger partial charge in [0.05, 0.1) is 0 Å². The number of hydrogen-bond acceptors (Lipinski definition) is 4. The molecule has 0 aromatic carbocycles. The van der Waals surface area contributed by atoms with Gasteiger partial charge in [0.1, 0.15) is 0 Å². The predicted octanol–water partition coefficient (Wildman–Crippen LogP) is 0.934. The topological polar surface area (TPSA) is 29.3 Å². The van der Waals surface area contributed by atoms with Crippen molar-refractivity contribution >= 4 is 58.3 Å². The maximum atomic E-state index is 4.76. The molecule has 0 aromatic heterocycles. The van der Waals surface area contributed by atoms with E-state index in [0.717, 1.165) is 13.1 Å². The Hall–Kier alpha value is 0.843. The van der Waals surface area contributed by atoms with Crippen molar-refractivity contribution in [2.24, 2.45) is 5.73 Å². The van der Waals surface area contributed by atoms with Gasteiger partial charge in [0.2, 0.25) is 0 Å². The molecule has 2 nitrogen and oxygen atoms in total. The van der Waals surface area contributed by atoms with Crippen LogP contribution >= 0.6 is 24.4 Å². The van der Waals surface area contributed by atoms with Gasteiger partial charge in [-0.3, -0.25) is 0 Å². The summed E-state index contributed by atoms with van der Waals surface area (Å²) >= 11 is 17.8. The number of thiocarbonyl (C=S) groups is 2. The van der Waals surface area contributed by atoms with Crippen LogP contribution in [0, 0.1) is 0 Å². The van der Waals surface area contributed by atoms with E-state index in [1.54, 1.807) is 0 Å². The standard InChI is InChI=1S/C5H11NS2.CH3NS2.Zn/c1-3-6(4-2)5(7)8;2-1(3)4;/h3-4H2,1-2H3,(H,7,8);(H3,2,3,4);/q;;+2/p-2. The van der Waals surface area contributed by atoms with E-state index < -0.39 is 0 Å². The van der Waals surface area contributed by atoms with E-state index in [1.165, 1.54) is 0 Å². The van der Waals surface area contributed by atoms with E-state index in [9.17, 15) is 0 Å². The second kappa shape index (κ2) is 12.8. The molecule has 0 aromatic rings. The van der Waals surface area contributed by atoms with E-state index in [0.29, 0.717) is 4.32 Å². The molecule has 0 saturated carbocycles. The largest absolute Gasteiger partial charge is 2.00 e. The molecule has 13 heavy (non-hydrogen) atoms. The monoisotopic (exact) mass is 304 g/mol. The van der Waals surface area contributed by atoms with Crippen molar-refractivity contribution in [1.82, 2.24) is 4.90 Å². The fourth-order valence-corrected chi connectivity index (χ4v) is 0.998. The zero-order valence-electron chi connectivity index (χ0n) is 7.78. The number of hydrogen-bond donors (Lipinski definition) is 1. The average molecular weight is 306 g/mol. The first kappa shape index (κ1) is 19.4. The molecule has 0 saturated heterocycles. The van der Waals surface area contributed by atoms with Crippen molar-refractivity contribution in [1.29, 1.82) is 0 Å². The quantitative estimate of drug-likeness (QED) is 0.464. The smallest absolute Gasteiger partial charge is 0.415 e. The molecule has 2 N–H and O–H groups in total. The number of nitrogens with zero attached hydrogens (tertiary/aromatic N) is 1. The minimum absolute atomic E-state index is 0. The van der Waals surface area contributed by atoms with Gasteiger partial charge in [-0.1, -0.05) is 8.64 Å². The van der Waals surface area contributed by atoms with Crippen molar-refractivity contribution in [3.8, 4) is 0 Å². The summed E-state index contributed by atoms with van der Waals surface area (Å²) in [5, 5.41) is 0. The molecule has 0 aliphatic heterocycles. The van der Waals surface area contributed by atoms with Gasteiger partial charge >= 0.3 is 19.5 Å². The van der Waals surface area contributed by atoms with Gasteiger partial charge in [-0.25, -0.2) is 0 Å². The zero-order valence-corrected chi connectivity index (χ0v) is 14.0. The van der Waals surface area contributed by atoms with Crippen LogP contribution in [0.15, 0.2) is 0 Å². The second-order valence-electron chi connectivity index (χ2n) is 1.76. The van der Waals surface area contributed by atoms with Crippen molar-refractivity contribution in [2.75, 3.05) is 13.1 Å². The third kappa shape index (κ3) is 19.3. The van der Waals surface area contributed by atoms with Gasteiger partial charge in [0.25, 0.3) is 0 Å². The van der Waals surface area contributed by atoms with Crippen LogP contribution in [0.2, 0.25) is 0 Å². The van der Waals surface area contributed by atoms with Crippen molar-refractivity contribution in [3.05, 3.63) is 0 Å². The van der Waals surface area contributed by atoms with E-state index >= 15 is 0 Å². The van der Waals surface area contributed by atoms with Crippen molar-refractivity contribution < 1.29 is 19.5 Å². The van der Waals surface area contributed by atoms with Crippen molar-refractivity contribution in [2.45, 2.75) is 13.8 Å². The summed E-state index contributed by atoms with van der Waals surface area (Å²) in [5.41, 5.74) is 4.66. The van der Waals surface area contributed by atoms with E-state index in [1.807, 2.05) is 18.7 Å². The van der Waals surface area contributed by atoms with E-state index in [4.69, 9.17) is 24.8 Å². The van der Waals surface area contributed by atoms with Crippen LogP contribution in [-0.2, 0) is 44.7 Å².